The normalized spacial score (nSPS) is 10.6. The number of pyridine rings is 1. The monoisotopic (exact) mass is 287 g/mol. The van der Waals surface area contributed by atoms with Gasteiger partial charge in [0.25, 0.3) is 0 Å². The number of anilines is 1. The van der Waals surface area contributed by atoms with Crippen molar-refractivity contribution in [3.63, 3.8) is 0 Å². The maximum Gasteiger partial charge on any atom is 0.227 e. The van der Waals surface area contributed by atoms with Crippen molar-refractivity contribution in [3.05, 3.63) is 23.9 Å². The van der Waals surface area contributed by atoms with Gasteiger partial charge in [-0.05, 0) is 26.0 Å². The first kappa shape index (κ1) is 16.5. The number of rotatable bonds is 6. The number of nitrogens with one attached hydrogen (secondary N) is 3. The summed E-state index contributed by atoms with van der Waals surface area (Å²) < 4.78 is 0. The van der Waals surface area contributed by atoms with Crippen LogP contribution in [0.25, 0.3) is 0 Å². The van der Waals surface area contributed by atoms with E-state index in [-0.39, 0.29) is 12.3 Å². The fraction of sp³-hybridized carbons (Fsp3) is 0.400. The Labute approximate surface area is 125 Å². The molecular weight excluding hydrogens is 266 g/mol. The zero-order valence-corrected chi connectivity index (χ0v) is 12.4. The number of terminal acetylenes is 1. The number of aryl methyl sites for hydroxylation is 1. The van der Waals surface area contributed by atoms with Crippen molar-refractivity contribution in [2.24, 2.45) is 4.99 Å². The third-order valence-corrected chi connectivity index (χ3v) is 2.47. The summed E-state index contributed by atoms with van der Waals surface area (Å²) in [5.74, 6) is 3.52. The molecule has 0 spiro atoms. The lowest BCUT2D eigenvalue weighted by Crippen LogP contribution is -2.37. The van der Waals surface area contributed by atoms with Gasteiger partial charge < -0.3 is 16.0 Å². The first-order valence-electron chi connectivity index (χ1n) is 6.85. The summed E-state index contributed by atoms with van der Waals surface area (Å²) in [5.41, 5.74) is 0.860. The number of hydrogen-bond acceptors (Lipinski definition) is 3. The highest BCUT2D eigenvalue weighted by Gasteiger charge is 2.03. The van der Waals surface area contributed by atoms with E-state index < -0.39 is 0 Å². The molecule has 0 unspecified atom stereocenters. The van der Waals surface area contributed by atoms with E-state index in [1.54, 1.807) is 6.07 Å². The van der Waals surface area contributed by atoms with Gasteiger partial charge >= 0.3 is 0 Å². The van der Waals surface area contributed by atoms with E-state index in [2.05, 4.69) is 31.8 Å². The van der Waals surface area contributed by atoms with Crippen molar-refractivity contribution < 1.29 is 4.79 Å². The number of guanidine groups is 1. The molecule has 0 radical (unpaired) electrons. The molecule has 1 aromatic heterocycles. The van der Waals surface area contributed by atoms with Crippen LogP contribution in [0.1, 0.15) is 19.0 Å². The second-order valence-corrected chi connectivity index (χ2v) is 4.28. The van der Waals surface area contributed by atoms with Crippen LogP contribution < -0.4 is 16.0 Å². The molecule has 0 aliphatic heterocycles. The maximum absolute atomic E-state index is 11.8. The van der Waals surface area contributed by atoms with Gasteiger partial charge in [0.15, 0.2) is 5.96 Å². The first-order valence-corrected chi connectivity index (χ1v) is 6.85. The quantitative estimate of drug-likeness (QED) is 0.413. The van der Waals surface area contributed by atoms with Gasteiger partial charge in [0, 0.05) is 18.7 Å². The second kappa shape index (κ2) is 9.37. The third kappa shape index (κ3) is 6.97. The van der Waals surface area contributed by atoms with Gasteiger partial charge in [-0.2, -0.15) is 0 Å². The number of aromatic nitrogens is 1. The highest BCUT2D eigenvalue weighted by atomic mass is 16.1. The van der Waals surface area contributed by atoms with Crippen molar-refractivity contribution in [1.29, 1.82) is 0 Å². The van der Waals surface area contributed by atoms with Gasteiger partial charge in [0.05, 0.1) is 13.1 Å². The molecule has 0 bridgehead atoms. The molecule has 0 aliphatic rings. The van der Waals surface area contributed by atoms with Crippen LogP contribution in [0.3, 0.4) is 0 Å². The molecule has 1 amide bonds. The summed E-state index contributed by atoms with van der Waals surface area (Å²) in [5, 5.41) is 8.75. The molecule has 21 heavy (non-hydrogen) atoms. The molecule has 6 nitrogen and oxygen atoms in total. The zero-order valence-electron chi connectivity index (χ0n) is 12.4. The number of carbonyl (C=O) groups is 1. The van der Waals surface area contributed by atoms with Gasteiger partial charge in [-0.3, -0.25) is 9.79 Å². The summed E-state index contributed by atoms with van der Waals surface area (Å²) in [6, 6.07) is 5.48. The van der Waals surface area contributed by atoms with Crippen molar-refractivity contribution in [3.8, 4) is 12.3 Å². The number of aliphatic imine (C=N–C) groups is 1. The summed E-state index contributed by atoms with van der Waals surface area (Å²) in [4.78, 5) is 20.3. The fourth-order valence-corrected chi connectivity index (χ4v) is 1.56. The number of nitrogens with zero attached hydrogens (tertiary/aromatic N) is 2. The van der Waals surface area contributed by atoms with E-state index in [1.807, 2.05) is 26.0 Å². The van der Waals surface area contributed by atoms with E-state index in [4.69, 9.17) is 6.42 Å². The molecular formula is C15H21N5O. The smallest absolute Gasteiger partial charge is 0.227 e. The Kier molecular flexibility index (Phi) is 7.36. The van der Waals surface area contributed by atoms with Gasteiger partial charge in [-0.15, -0.1) is 6.42 Å². The minimum Gasteiger partial charge on any atom is -0.357 e. The van der Waals surface area contributed by atoms with Crippen LogP contribution >= 0.6 is 0 Å². The molecule has 0 saturated heterocycles. The van der Waals surface area contributed by atoms with Gasteiger partial charge in [0.2, 0.25) is 5.91 Å². The Morgan fingerprint density at radius 2 is 2.24 bits per heavy atom. The molecule has 1 rings (SSSR count). The Morgan fingerprint density at radius 3 is 2.90 bits per heavy atom. The van der Waals surface area contributed by atoms with Crippen molar-refractivity contribution >= 4 is 17.7 Å². The van der Waals surface area contributed by atoms with E-state index in [0.717, 1.165) is 12.2 Å². The van der Waals surface area contributed by atoms with Crippen molar-refractivity contribution in [2.75, 3.05) is 25.0 Å². The van der Waals surface area contributed by atoms with E-state index in [9.17, 15) is 4.79 Å². The molecule has 0 aromatic carbocycles. The number of carbonyl (C=O) groups excluding carboxylic acids is 1. The average Bonchev–Trinajstić information content (AvgIpc) is 2.44. The van der Waals surface area contributed by atoms with Crippen molar-refractivity contribution in [1.82, 2.24) is 15.6 Å². The topological polar surface area (TPSA) is 78.4 Å². The maximum atomic E-state index is 11.8. The highest BCUT2D eigenvalue weighted by Crippen LogP contribution is 2.04. The molecule has 1 aromatic rings. The molecule has 1 heterocycles. The lowest BCUT2D eigenvalue weighted by molar-refractivity contribution is -0.116. The molecule has 0 fully saturated rings. The molecule has 0 saturated carbocycles. The van der Waals surface area contributed by atoms with Gasteiger partial charge in [0.1, 0.15) is 5.82 Å². The lowest BCUT2D eigenvalue weighted by Gasteiger charge is -2.08. The molecule has 0 atom stereocenters. The Bertz CT molecular complexity index is 533. The summed E-state index contributed by atoms with van der Waals surface area (Å²) >= 11 is 0. The summed E-state index contributed by atoms with van der Waals surface area (Å²) in [6.07, 6.45) is 5.46. The Hall–Kier alpha value is -2.55. The number of hydrogen-bond donors (Lipinski definition) is 3. The second-order valence-electron chi connectivity index (χ2n) is 4.28. The van der Waals surface area contributed by atoms with Crippen LogP contribution in [0, 0.1) is 19.3 Å². The fourth-order valence-electron chi connectivity index (χ4n) is 1.56. The average molecular weight is 287 g/mol. The molecule has 112 valence electrons. The van der Waals surface area contributed by atoms with Crippen LogP contribution in [0.4, 0.5) is 5.82 Å². The van der Waals surface area contributed by atoms with Crippen LogP contribution in [-0.4, -0.2) is 36.5 Å². The third-order valence-electron chi connectivity index (χ3n) is 2.47. The van der Waals surface area contributed by atoms with Crippen LogP contribution in [0.5, 0.6) is 0 Å². The number of amides is 1. The van der Waals surface area contributed by atoms with E-state index in [1.165, 1.54) is 0 Å². The summed E-state index contributed by atoms with van der Waals surface area (Å²) in [7, 11) is 0. The predicted molar refractivity (Wildman–Crippen MR) is 85.0 cm³/mol. The highest BCUT2D eigenvalue weighted by molar-refractivity contribution is 5.90. The lowest BCUT2D eigenvalue weighted by atomic mass is 10.3. The molecule has 3 N–H and O–H groups in total. The van der Waals surface area contributed by atoms with Gasteiger partial charge in [-0.1, -0.05) is 12.0 Å². The Morgan fingerprint density at radius 1 is 1.43 bits per heavy atom. The molecule has 0 aliphatic carbocycles. The van der Waals surface area contributed by atoms with Gasteiger partial charge in [-0.25, -0.2) is 4.98 Å². The van der Waals surface area contributed by atoms with E-state index >= 15 is 0 Å². The largest absolute Gasteiger partial charge is 0.357 e. The standard InChI is InChI=1S/C15H21N5O/c1-4-10-17-15(16-5-2)18-11-9-14(21)20-13-8-6-7-12(3)19-13/h1,6-8H,5,9-11H2,2-3H3,(H2,16,17,18)(H,19,20,21). The Balaban J connectivity index is 2.42. The first-order chi connectivity index (χ1) is 10.2. The van der Waals surface area contributed by atoms with E-state index in [0.29, 0.717) is 24.9 Å². The van der Waals surface area contributed by atoms with Crippen LogP contribution in [0.2, 0.25) is 0 Å². The van der Waals surface area contributed by atoms with Crippen LogP contribution in [-0.2, 0) is 4.79 Å². The minimum atomic E-state index is -0.121. The summed E-state index contributed by atoms with van der Waals surface area (Å²) in [6.45, 7) is 5.33. The zero-order chi connectivity index (χ0) is 15.5. The SMILES string of the molecule is C#CCNC(=NCCC(=O)Nc1cccc(C)n1)NCC. The minimum absolute atomic E-state index is 0.121. The predicted octanol–water partition coefficient (Wildman–Crippen LogP) is 0.907. The molecule has 6 heteroatoms. The van der Waals surface area contributed by atoms with Crippen molar-refractivity contribution in [2.45, 2.75) is 20.3 Å². The van der Waals surface area contributed by atoms with Crippen LogP contribution in [0.15, 0.2) is 23.2 Å².